The van der Waals surface area contributed by atoms with Crippen LogP contribution in [0.2, 0.25) is 0 Å². The molecule has 0 spiro atoms. The Morgan fingerprint density at radius 3 is 2.86 bits per heavy atom. The Morgan fingerprint density at radius 2 is 2.04 bits per heavy atom. The van der Waals surface area contributed by atoms with E-state index in [0.717, 1.165) is 67.5 Å². The van der Waals surface area contributed by atoms with Crippen molar-refractivity contribution in [2.24, 2.45) is 5.92 Å². The lowest BCUT2D eigenvalue weighted by Crippen LogP contribution is -2.39. The van der Waals surface area contributed by atoms with E-state index in [0.29, 0.717) is 0 Å². The van der Waals surface area contributed by atoms with Gasteiger partial charge in [0.25, 0.3) is 0 Å². The average Bonchev–Trinajstić information content (AvgIpc) is 3.26. The molecule has 1 aliphatic heterocycles. The van der Waals surface area contributed by atoms with E-state index < -0.39 is 0 Å². The van der Waals surface area contributed by atoms with Gasteiger partial charge in [-0.25, -0.2) is 0 Å². The molecule has 2 heterocycles. The lowest BCUT2D eigenvalue weighted by molar-refractivity contribution is 0.0817. The molecule has 1 atom stereocenters. The molecule has 1 aromatic heterocycles. The van der Waals surface area contributed by atoms with Crippen LogP contribution in [0.25, 0.3) is 10.8 Å². The second kappa shape index (κ2) is 8.57. The van der Waals surface area contributed by atoms with Crippen molar-refractivity contribution in [1.29, 1.82) is 0 Å². The molecule has 0 saturated carbocycles. The van der Waals surface area contributed by atoms with Gasteiger partial charge in [0.1, 0.15) is 5.75 Å². The van der Waals surface area contributed by atoms with E-state index in [2.05, 4.69) is 10.00 Å². The molecule has 5 heteroatoms. The highest BCUT2D eigenvalue weighted by molar-refractivity contribution is 6.01. The molecule has 0 radical (unpaired) electrons. The maximum Gasteiger partial charge on any atom is 0.167 e. The Balaban J connectivity index is 1.38. The van der Waals surface area contributed by atoms with E-state index in [1.54, 1.807) is 7.11 Å². The molecule has 1 aliphatic rings. The summed E-state index contributed by atoms with van der Waals surface area (Å²) in [6.45, 7) is 3.89. The van der Waals surface area contributed by atoms with Crippen molar-refractivity contribution in [2.45, 2.75) is 25.8 Å². The number of hydrogen-bond donors (Lipinski definition) is 0. The van der Waals surface area contributed by atoms with Gasteiger partial charge in [-0.05, 0) is 67.4 Å². The third kappa shape index (κ3) is 4.25. The van der Waals surface area contributed by atoms with Gasteiger partial charge in [-0.2, -0.15) is 5.10 Å². The number of nitrogens with zero attached hydrogens (tertiary/aromatic N) is 3. The number of carbonyl (C=O) groups excluding carboxylic acids is 1. The lowest BCUT2D eigenvalue weighted by Gasteiger charge is -2.32. The summed E-state index contributed by atoms with van der Waals surface area (Å²) >= 11 is 0. The van der Waals surface area contributed by atoms with Gasteiger partial charge in [0.15, 0.2) is 5.78 Å². The fourth-order valence-corrected chi connectivity index (χ4v) is 4.10. The number of rotatable bonds is 7. The summed E-state index contributed by atoms with van der Waals surface area (Å²) in [7, 11) is 1.67. The van der Waals surface area contributed by atoms with Crippen LogP contribution in [0, 0.1) is 5.92 Å². The number of ketones is 1. The first kappa shape index (κ1) is 18.7. The predicted octanol–water partition coefficient (Wildman–Crippen LogP) is 4.03. The number of fused-ring (bicyclic) bond motifs is 1. The highest BCUT2D eigenvalue weighted by Crippen LogP contribution is 2.25. The Bertz CT molecular complexity index is 936. The van der Waals surface area contributed by atoms with Crippen molar-refractivity contribution in [3.8, 4) is 5.75 Å². The van der Waals surface area contributed by atoms with Gasteiger partial charge in [-0.3, -0.25) is 9.48 Å². The normalized spacial score (nSPS) is 17.7. The molecular weight excluding hydrogens is 350 g/mol. The SMILES string of the molecule is COc1ccc2cc(C(=O)[C@@H]3CCCN(CCCn4cccn4)C3)ccc2c1. The summed E-state index contributed by atoms with van der Waals surface area (Å²) in [5.74, 6) is 1.20. The van der Waals surface area contributed by atoms with E-state index in [9.17, 15) is 4.79 Å². The van der Waals surface area contributed by atoms with Crippen molar-refractivity contribution in [3.63, 3.8) is 0 Å². The van der Waals surface area contributed by atoms with E-state index in [4.69, 9.17) is 4.74 Å². The van der Waals surface area contributed by atoms with Gasteiger partial charge >= 0.3 is 0 Å². The van der Waals surface area contributed by atoms with Crippen molar-refractivity contribution < 1.29 is 9.53 Å². The van der Waals surface area contributed by atoms with Crippen LogP contribution >= 0.6 is 0 Å². The number of piperidine rings is 1. The van der Waals surface area contributed by atoms with Crippen molar-refractivity contribution in [2.75, 3.05) is 26.7 Å². The van der Waals surface area contributed by atoms with Crippen LogP contribution in [0.4, 0.5) is 0 Å². The number of Topliss-reactive ketones (excluding diaryl/α,β-unsaturated/α-hetero) is 1. The zero-order chi connectivity index (χ0) is 19.3. The maximum atomic E-state index is 13.1. The third-order valence-electron chi connectivity index (χ3n) is 5.63. The van der Waals surface area contributed by atoms with Crippen LogP contribution in [0.1, 0.15) is 29.6 Å². The Kier molecular flexibility index (Phi) is 5.72. The Labute approximate surface area is 165 Å². The summed E-state index contributed by atoms with van der Waals surface area (Å²) in [4.78, 5) is 15.5. The molecule has 5 nitrogen and oxygen atoms in total. The Morgan fingerprint density at radius 1 is 1.18 bits per heavy atom. The lowest BCUT2D eigenvalue weighted by atomic mass is 9.89. The largest absolute Gasteiger partial charge is 0.497 e. The minimum atomic E-state index is 0.0918. The van der Waals surface area contributed by atoms with E-state index in [1.165, 1.54) is 0 Å². The summed E-state index contributed by atoms with van der Waals surface area (Å²) in [5, 5.41) is 6.43. The Hall–Kier alpha value is -2.66. The molecule has 0 amide bonds. The van der Waals surface area contributed by atoms with Gasteiger partial charge in [-0.15, -0.1) is 0 Å². The van der Waals surface area contributed by atoms with Crippen LogP contribution in [0.5, 0.6) is 5.75 Å². The van der Waals surface area contributed by atoms with Gasteiger partial charge in [0.05, 0.1) is 7.11 Å². The molecule has 1 fully saturated rings. The summed E-state index contributed by atoms with van der Waals surface area (Å²) < 4.78 is 7.25. The van der Waals surface area contributed by atoms with Gasteiger partial charge < -0.3 is 9.64 Å². The van der Waals surface area contributed by atoms with Crippen LogP contribution < -0.4 is 4.74 Å². The molecule has 4 rings (SSSR count). The van der Waals surface area contributed by atoms with Crippen molar-refractivity contribution >= 4 is 16.6 Å². The summed E-state index contributed by atoms with van der Waals surface area (Å²) in [5.41, 5.74) is 0.820. The second-order valence-electron chi connectivity index (χ2n) is 7.55. The first-order valence-corrected chi connectivity index (χ1v) is 10.0. The molecule has 0 unspecified atom stereocenters. The van der Waals surface area contributed by atoms with E-state index in [1.807, 2.05) is 59.5 Å². The van der Waals surface area contributed by atoms with Gasteiger partial charge in [0.2, 0.25) is 0 Å². The third-order valence-corrected chi connectivity index (χ3v) is 5.63. The summed E-state index contributed by atoms with van der Waals surface area (Å²) in [6, 6.07) is 13.9. The smallest absolute Gasteiger partial charge is 0.167 e. The number of aryl methyl sites for hydroxylation is 1. The van der Waals surface area contributed by atoms with Crippen LogP contribution in [-0.2, 0) is 6.54 Å². The van der Waals surface area contributed by atoms with Crippen molar-refractivity contribution in [1.82, 2.24) is 14.7 Å². The predicted molar refractivity (Wildman–Crippen MR) is 111 cm³/mol. The quantitative estimate of drug-likeness (QED) is 0.583. The van der Waals surface area contributed by atoms with Crippen LogP contribution in [0.15, 0.2) is 54.9 Å². The van der Waals surface area contributed by atoms with Crippen LogP contribution in [-0.4, -0.2) is 47.2 Å². The molecule has 3 aromatic rings. The highest BCUT2D eigenvalue weighted by atomic mass is 16.5. The molecule has 0 bridgehead atoms. The van der Waals surface area contributed by atoms with E-state index >= 15 is 0 Å². The molecule has 28 heavy (non-hydrogen) atoms. The molecule has 0 N–H and O–H groups in total. The highest BCUT2D eigenvalue weighted by Gasteiger charge is 2.26. The number of benzene rings is 2. The second-order valence-corrected chi connectivity index (χ2v) is 7.55. The zero-order valence-electron chi connectivity index (χ0n) is 16.4. The van der Waals surface area contributed by atoms with Gasteiger partial charge in [-0.1, -0.05) is 18.2 Å². The number of hydrogen-bond acceptors (Lipinski definition) is 4. The number of ether oxygens (including phenoxy) is 1. The van der Waals surface area contributed by atoms with Crippen LogP contribution in [0.3, 0.4) is 0 Å². The number of aromatic nitrogens is 2. The number of likely N-dealkylation sites (tertiary alicyclic amines) is 1. The standard InChI is InChI=1S/C23H27N3O2/c1-28-22-9-8-18-15-20(7-6-19(18)16-22)23(27)21-5-2-11-25(17-21)12-4-14-26-13-3-10-24-26/h3,6-10,13,15-16,21H,2,4-5,11-12,14,17H2,1H3/t21-/m1/s1. The minimum Gasteiger partial charge on any atom is -0.497 e. The van der Waals surface area contributed by atoms with Gasteiger partial charge in [0, 0.05) is 37.0 Å². The zero-order valence-corrected chi connectivity index (χ0v) is 16.4. The van der Waals surface area contributed by atoms with Crippen molar-refractivity contribution in [3.05, 3.63) is 60.4 Å². The number of methoxy groups -OCH3 is 1. The fourth-order valence-electron chi connectivity index (χ4n) is 4.10. The maximum absolute atomic E-state index is 13.1. The monoisotopic (exact) mass is 377 g/mol. The molecule has 2 aromatic carbocycles. The molecule has 1 saturated heterocycles. The molecular formula is C23H27N3O2. The first-order chi connectivity index (χ1) is 13.7. The minimum absolute atomic E-state index is 0.0918. The average molecular weight is 377 g/mol. The topological polar surface area (TPSA) is 47.4 Å². The fraction of sp³-hybridized carbons (Fsp3) is 0.391. The molecule has 0 aliphatic carbocycles. The van der Waals surface area contributed by atoms with E-state index in [-0.39, 0.29) is 11.7 Å². The molecule has 146 valence electrons. The summed E-state index contributed by atoms with van der Waals surface area (Å²) in [6.07, 6.45) is 6.94. The number of carbonyl (C=O) groups is 1. The first-order valence-electron chi connectivity index (χ1n) is 10.0.